The molecule has 0 heterocycles. The first-order chi connectivity index (χ1) is 3.71. The van der Waals surface area contributed by atoms with Gasteiger partial charge < -0.3 is 0 Å². The van der Waals surface area contributed by atoms with Crippen molar-refractivity contribution in [2.75, 3.05) is 0 Å². The van der Waals surface area contributed by atoms with E-state index in [4.69, 9.17) is 8.32 Å². The Labute approximate surface area is 70.6 Å². The fourth-order valence-corrected chi connectivity index (χ4v) is 1.85. The topological polar surface area (TPSA) is 118 Å². The first-order valence-electron chi connectivity index (χ1n) is 1.37. The van der Waals surface area contributed by atoms with Gasteiger partial charge in [-0.3, -0.25) is 0 Å². The fraction of sp³-hybridized carbons (Fsp3) is 0. The van der Waals surface area contributed by atoms with Crippen LogP contribution in [0.5, 0.6) is 0 Å². The molecular weight excluding hydrogens is 280 g/mol. The number of hydrogen-bond donors (Lipinski definition) is 2. The molecule has 67 valence electrons. The van der Waals surface area contributed by atoms with Gasteiger partial charge >= 0.3 is 53.6 Å². The van der Waals surface area contributed by atoms with E-state index in [2.05, 4.69) is 2.84 Å². The average molecular weight is 282 g/mol. The second kappa shape index (κ2) is 3.89. The maximum absolute atomic E-state index is 9.53. The molecule has 7 nitrogen and oxygen atoms in total. The van der Waals surface area contributed by atoms with Crippen LogP contribution in [0.2, 0.25) is 0 Å². The summed E-state index contributed by atoms with van der Waals surface area (Å²) < 4.78 is 56.3. The predicted octanol–water partition coefficient (Wildman–Crippen LogP) is -1.67. The van der Waals surface area contributed by atoms with Crippen LogP contribution in [0.4, 0.5) is 0 Å². The Balaban J connectivity index is 0. The Kier molecular flexibility index (Phi) is 5.16. The Morgan fingerprint density at radius 1 is 0.900 bits per heavy atom. The predicted molar refractivity (Wildman–Crippen MR) is 8.27 cm³/mol. The van der Waals surface area contributed by atoms with Crippen LogP contribution in [0.25, 0.3) is 0 Å². The van der Waals surface area contributed by atoms with E-state index in [1.807, 2.05) is 0 Å². The summed E-state index contributed by atoms with van der Waals surface area (Å²) in [6.45, 7) is 0. The zero-order valence-corrected chi connectivity index (χ0v) is 7.55. The summed E-state index contributed by atoms with van der Waals surface area (Å²) in [6, 6.07) is 0. The van der Waals surface area contributed by atoms with Crippen molar-refractivity contribution < 1.29 is 70.7 Å². The third-order valence-electron chi connectivity index (χ3n) is 0.172. The first kappa shape index (κ1) is 13.3. The van der Waals surface area contributed by atoms with Gasteiger partial charge in [0.2, 0.25) is 0 Å². The second-order valence-electron chi connectivity index (χ2n) is 0.924. The third-order valence-corrected chi connectivity index (χ3v) is 2.92. The van der Waals surface area contributed by atoms with E-state index in [9.17, 15) is 15.2 Å². The molecule has 1 radical (unpaired) electrons. The molecule has 2 N–H and O–H groups in total. The van der Waals surface area contributed by atoms with Gasteiger partial charge in [0.05, 0.1) is 0 Å². The summed E-state index contributed by atoms with van der Waals surface area (Å²) in [5, 5.41) is 0. The monoisotopic (exact) mass is 281 g/mol. The SMILES string of the molecule is [Cu].[O]=[Cr](=[O])([OH])[O][Cr](=[O])(=[O])[OH]. The summed E-state index contributed by atoms with van der Waals surface area (Å²) >= 11 is -11.5. The van der Waals surface area contributed by atoms with Crippen molar-refractivity contribution in [3.8, 4) is 0 Å². The molecule has 0 unspecified atom stereocenters. The van der Waals surface area contributed by atoms with Gasteiger partial charge in [-0.05, 0) is 0 Å². The van der Waals surface area contributed by atoms with Crippen molar-refractivity contribution in [1.29, 1.82) is 0 Å². The van der Waals surface area contributed by atoms with Gasteiger partial charge in [-0.15, -0.1) is 0 Å². The summed E-state index contributed by atoms with van der Waals surface area (Å²) in [5.41, 5.74) is 0. The minimum absolute atomic E-state index is 0. The van der Waals surface area contributed by atoms with Gasteiger partial charge in [0.1, 0.15) is 0 Å². The Bertz CT molecular complexity index is 237. The van der Waals surface area contributed by atoms with Crippen molar-refractivity contribution in [3.63, 3.8) is 0 Å². The van der Waals surface area contributed by atoms with E-state index >= 15 is 0 Å². The van der Waals surface area contributed by atoms with Crippen LogP contribution < -0.4 is 0 Å². The Morgan fingerprint density at radius 2 is 1.10 bits per heavy atom. The zero-order chi connectivity index (χ0) is 7.71. The van der Waals surface area contributed by atoms with Gasteiger partial charge in [-0.1, -0.05) is 0 Å². The molecule has 0 amide bonds. The van der Waals surface area contributed by atoms with Crippen LogP contribution in [-0.2, 0) is 62.3 Å². The molecule has 0 aliphatic heterocycles. The normalized spacial score (nSPS) is 12.2. The van der Waals surface area contributed by atoms with Crippen LogP contribution in [0.1, 0.15) is 0 Å². The van der Waals surface area contributed by atoms with E-state index in [-0.39, 0.29) is 17.1 Å². The Morgan fingerprint density at radius 3 is 1.10 bits per heavy atom. The number of rotatable bonds is 2. The molecule has 0 aliphatic carbocycles. The first-order valence-corrected chi connectivity index (χ1v) is 5.63. The molecule has 0 saturated carbocycles. The molecule has 0 aromatic rings. The molecule has 10 heteroatoms. The van der Waals surface area contributed by atoms with Crippen molar-refractivity contribution in [2.45, 2.75) is 0 Å². The molecule has 0 fully saturated rings. The summed E-state index contributed by atoms with van der Waals surface area (Å²) in [5.74, 6) is 0. The second-order valence-corrected chi connectivity index (χ2v) is 4.68. The van der Waals surface area contributed by atoms with Gasteiger partial charge in [-0.25, -0.2) is 0 Å². The minimum atomic E-state index is -5.76. The summed E-state index contributed by atoms with van der Waals surface area (Å²) in [7, 11) is 0. The standard InChI is InChI=1S/2Cr.Cu.2H2O.5O/h;;;2*1H2;;;;;/q2*+1;;;;;;;;/p-2. The molecule has 0 aromatic carbocycles. The van der Waals surface area contributed by atoms with Crippen molar-refractivity contribution in [1.82, 2.24) is 0 Å². The van der Waals surface area contributed by atoms with Crippen LogP contribution in [0.15, 0.2) is 0 Å². The summed E-state index contributed by atoms with van der Waals surface area (Å²) in [6.07, 6.45) is 0. The quantitative estimate of drug-likeness (QED) is 0.581. The molecule has 0 saturated heterocycles. The van der Waals surface area contributed by atoms with Gasteiger partial charge in [0, 0.05) is 17.1 Å². The maximum atomic E-state index is 9.53. The van der Waals surface area contributed by atoms with Gasteiger partial charge in [-0.2, -0.15) is 0 Å². The molecule has 0 rings (SSSR count). The molecule has 0 bridgehead atoms. The number of hydrogen-bond acceptors (Lipinski definition) is 5. The molecule has 0 atom stereocenters. The third kappa shape index (κ3) is 11.5. The van der Waals surface area contributed by atoms with Crippen molar-refractivity contribution in [3.05, 3.63) is 0 Å². The van der Waals surface area contributed by atoms with Crippen LogP contribution in [0.3, 0.4) is 0 Å². The zero-order valence-electron chi connectivity index (χ0n) is 4.05. The van der Waals surface area contributed by atoms with E-state index in [0.29, 0.717) is 0 Å². The molecule has 0 spiro atoms. The van der Waals surface area contributed by atoms with E-state index in [1.54, 1.807) is 0 Å². The van der Waals surface area contributed by atoms with E-state index in [0.717, 1.165) is 0 Å². The molecular formula is H2Cr2CuO7. The fourth-order valence-electron chi connectivity index (χ4n) is 0.109. The van der Waals surface area contributed by atoms with Crippen molar-refractivity contribution in [2.24, 2.45) is 0 Å². The average Bonchev–Trinajstić information content (AvgIpc) is 1.14. The van der Waals surface area contributed by atoms with Crippen molar-refractivity contribution >= 4 is 0 Å². The van der Waals surface area contributed by atoms with E-state index in [1.165, 1.54) is 0 Å². The molecule has 0 aliphatic rings. The van der Waals surface area contributed by atoms with Crippen LogP contribution >= 0.6 is 0 Å². The van der Waals surface area contributed by atoms with Gasteiger partial charge in [0.25, 0.3) is 0 Å². The van der Waals surface area contributed by atoms with Crippen LogP contribution in [0, 0.1) is 0 Å². The van der Waals surface area contributed by atoms with E-state index < -0.39 is 27.2 Å². The Hall–Kier alpha value is 0.664. The molecule has 0 aromatic heterocycles. The summed E-state index contributed by atoms with van der Waals surface area (Å²) in [4.78, 5) is 0. The molecule has 10 heavy (non-hydrogen) atoms. The van der Waals surface area contributed by atoms with Gasteiger partial charge in [0.15, 0.2) is 0 Å². The van der Waals surface area contributed by atoms with Crippen LogP contribution in [-0.4, -0.2) is 8.32 Å².